The lowest BCUT2D eigenvalue weighted by atomic mass is 9.66. The quantitative estimate of drug-likeness (QED) is 0.175. The molecule has 3 unspecified atom stereocenters. The van der Waals surface area contributed by atoms with Gasteiger partial charge in [0.05, 0.1) is 0 Å². The predicted octanol–water partition coefficient (Wildman–Crippen LogP) is 13.1. The Morgan fingerprint density at radius 1 is 0.620 bits per heavy atom. The van der Waals surface area contributed by atoms with E-state index in [-0.39, 0.29) is 11.3 Å². The first kappa shape index (κ1) is 30.4. The van der Waals surface area contributed by atoms with Crippen LogP contribution in [0.5, 0.6) is 0 Å². The second-order valence-corrected chi connectivity index (χ2v) is 14.4. The monoisotopic (exact) mass is 643 g/mol. The van der Waals surface area contributed by atoms with Crippen LogP contribution in [0.1, 0.15) is 54.4 Å². The number of nitrogens with zero attached hydrogens (tertiary/aromatic N) is 1. The van der Waals surface area contributed by atoms with Crippen molar-refractivity contribution in [3.63, 3.8) is 0 Å². The lowest BCUT2D eigenvalue weighted by molar-refractivity contribution is 0.438. The predicted molar refractivity (Wildman–Crippen MR) is 211 cm³/mol. The number of anilines is 3. The van der Waals surface area contributed by atoms with Crippen molar-refractivity contribution in [3.8, 4) is 22.3 Å². The molecule has 1 heteroatoms. The van der Waals surface area contributed by atoms with Gasteiger partial charge in [-0.25, -0.2) is 0 Å². The summed E-state index contributed by atoms with van der Waals surface area (Å²) in [5.41, 5.74) is 15.7. The van der Waals surface area contributed by atoms with E-state index < -0.39 is 0 Å². The molecule has 3 atom stereocenters. The highest BCUT2D eigenvalue weighted by Crippen LogP contribution is 2.54. The number of rotatable bonds is 6. The van der Waals surface area contributed by atoms with Gasteiger partial charge in [0.1, 0.15) is 0 Å². The maximum Gasteiger partial charge on any atom is 0.0499 e. The normalized spacial score (nSPS) is 19.6. The fourth-order valence-electron chi connectivity index (χ4n) is 9.09. The average Bonchev–Trinajstić information content (AvgIpc) is 3.42. The van der Waals surface area contributed by atoms with E-state index in [1.54, 1.807) is 0 Å². The van der Waals surface area contributed by atoms with Crippen molar-refractivity contribution in [3.05, 3.63) is 210 Å². The SMILES string of the molecule is CC1(C)c2ccccc2-c2cccc(-c3cccc(N(c4ccccc4)c4ccccc4C4C=CC=C5C=CCC(c6ccccc6)C54)c3)c21. The first-order valence-electron chi connectivity index (χ1n) is 18.0. The smallest absolute Gasteiger partial charge is 0.0499 e. The third-order valence-corrected chi connectivity index (χ3v) is 11.3. The van der Waals surface area contributed by atoms with Gasteiger partial charge in [0.2, 0.25) is 0 Å². The molecule has 1 nitrogen and oxygen atoms in total. The molecular weight excluding hydrogens is 603 g/mol. The molecule has 6 aromatic rings. The van der Waals surface area contributed by atoms with Crippen LogP contribution in [-0.2, 0) is 5.41 Å². The number of para-hydroxylation sites is 2. The van der Waals surface area contributed by atoms with Crippen LogP contribution >= 0.6 is 0 Å². The Morgan fingerprint density at radius 2 is 1.30 bits per heavy atom. The molecule has 0 aromatic heterocycles. The van der Waals surface area contributed by atoms with Gasteiger partial charge in [-0.2, -0.15) is 0 Å². The fraction of sp³-hybridized carbons (Fsp3) is 0.143. The molecule has 0 spiro atoms. The van der Waals surface area contributed by atoms with E-state index in [4.69, 9.17) is 0 Å². The van der Waals surface area contributed by atoms with Crippen molar-refractivity contribution >= 4 is 17.1 Å². The number of hydrogen-bond acceptors (Lipinski definition) is 1. The van der Waals surface area contributed by atoms with Crippen LogP contribution in [0.2, 0.25) is 0 Å². The van der Waals surface area contributed by atoms with Gasteiger partial charge in [-0.05, 0) is 92.8 Å². The van der Waals surface area contributed by atoms with Crippen molar-refractivity contribution < 1.29 is 0 Å². The Morgan fingerprint density at radius 3 is 2.16 bits per heavy atom. The van der Waals surface area contributed by atoms with Crippen LogP contribution in [0.4, 0.5) is 17.1 Å². The third kappa shape index (κ3) is 5.00. The summed E-state index contributed by atoms with van der Waals surface area (Å²) in [6.07, 6.45) is 12.8. The molecule has 242 valence electrons. The molecule has 9 rings (SSSR count). The Kier molecular flexibility index (Phi) is 7.50. The van der Waals surface area contributed by atoms with Crippen molar-refractivity contribution in [1.29, 1.82) is 0 Å². The van der Waals surface area contributed by atoms with Crippen molar-refractivity contribution in [1.82, 2.24) is 0 Å². The standard InChI is InChI=1S/C49H41N/c1-49(2)45-31-11-9-25-41(45)44-30-16-28-40(48(44)49)36-21-13-24-38(33-36)50(37-22-7-4-8-23-37)46-32-12-10-26-42(46)43-29-15-20-35-19-14-27-39(47(35)43)34-17-5-3-6-18-34/h3-26,28-33,39,43,47H,27H2,1-2H3. The highest BCUT2D eigenvalue weighted by molar-refractivity contribution is 5.89. The van der Waals surface area contributed by atoms with E-state index in [0.717, 1.165) is 17.8 Å². The first-order valence-corrected chi connectivity index (χ1v) is 18.0. The molecule has 0 bridgehead atoms. The van der Waals surface area contributed by atoms with Gasteiger partial charge in [-0.1, -0.05) is 166 Å². The molecule has 0 N–H and O–H groups in total. The number of benzene rings is 6. The molecule has 0 saturated carbocycles. The summed E-state index contributed by atoms with van der Waals surface area (Å²) in [5, 5.41) is 0. The Bertz CT molecular complexity index is 2290. The summed E-state index contributed by atoms with van der Waals surface area (Å²) in [5.74, 6) is 0.998. The van der Waals surface area contributed by atoms with E-state index in [0.29, 0.717) is 11.8 Å². The summed E-state index contributed by atoms with van der Waals surface area (Å²) >= 11 is 0. The zero-order chi connectivity index (χ0) is 33.7. The second kappa shape index (κ2) is 12.3. The third-order valence-electron chi connectivity index (χ3n) is 11.3. The Balaban J connectivity index is 1.19. The molecule has 0 aliphatic heterocycles. The van der Waals surface area contributed by atoms with Crippen LogP contribution in [0.3, 0.4) is 0 Å². The maximum atomic E-state index is 2.48. The fourth-order valence-corrected chi connectivity index (χ4v) is 9.09. The number of allylic oxidation sites excluding steroid dienone is 6. The Labute approximate surface area is 296 Å². The summed E-state index contributed by atoms with van der Waals surface area (Å²) in [4.78, 5) is 2.48. The van der Waals surface area contributed by atoms with Gasteiger partial charge in [0, 0.05) is 34.3 Å². The van der Waals surface area contributed by atoms with E-state index in [2.05, 4.69) is 201 Å². The van der Waals surface area contributed by atoms with E-state index >= 15 is 0 Å². The van der Waals surface area contributed by atoms with Crippen molar-refractivity contribution in [2.24, 2.45) is 5.92 Å². The summed E-state index contributed by atoms with van der Waals surface area (Å²) < 4.78 is 0. The zero-order valence-electron chi connectivity index (χ0n) is 28.7. The topological polar surface area (TPSA) is 3.24 Å². The highest BCUT2D eigenvalue weighted by Gasteiger charge is 2.38. The molecule has 0 fully saturated rings. The van der Waals surface area contributed by atoms with Crippen molar-refractivity contribution in [2.75, 3.05) is 4.90 Å². The second-order valence-electron chi connectivity index (χ2n) is 14.4. The van der Waals surface area contributed by atoms with E-state index in [1.165, 1.54) is 55.8 Å². The lowest BCUT2D eigenvalue weighted by Crippen LogP contribution is -2.26. The van der Waals surface area contributed by atoms with Gasteiger partial charge in [-0.15, -0.1) is 0 Å². The molecule has 3 aliphatic carbocycles. The highest BCUT2D eigenvalue weighted by atomic mass is 15.1. The molecule has 0 saturated heterocycles. The minimum atomic E-state index is -0.0908. The number of fused-ring (bicyclic) bond motifs is 4. The molecule has 3 aliphatic rings. The van der Waals surface area contributed by atoms with Gasteiger partial charge in [-0.3, -0.25) is 0 Å². The summed E-state index contributed by atoms with van der Waals surface area (Å²) in [6, 6.07) is 56.0. The molecule has 6 aromatic carbocycles. The van der Waals surface area contributed by atoms with Crippen LogP contribution in [-0.4, -0.2) is 0 Å². The van der Waals surface area contributed by atoms with Crippen molar-refractivity contribution in [2.45, 2.75) is 37.5 Å². The van der Waals surface area contributed by atoms with Crippen LogP contribution in [0.15, 0.2) is 188 Å². The maximum absolute atomic E-state index is 2.48. The molecule has 0 amide bonds. The zero-order valence-corrected chi connectivity index (χ0v) is 28.7. The van der Waals surface area contributed by atoms with Gasteiger partial charge < -0.3 is 4.90 Å². The molecule has 0 heterocycles. The van der Waals surface area contributed by atoms with Gasteiger partial charge >= 0.3 is 0 Å². The minimum absolute atomic E-state index is 0.0908. The first-order chi connectivity index (χ1) is 24.6. The number of hydrogen-bond donors (Lipinski definition) is 0. The largest absolute Gasteiger partial charge is 0.310 e. The average molecular weight is 644 g/mol. The molecular formula is C49H41N. The lowest BCUT2D eigenvalue weighted by Gasteiger charge is -2.39. The molecule has 50 heavy (non-hydrogen) atoms. The molecule has 0 radical (unpaired) electrons. The van der Waals surface area contributed by atoms with Gasteiger partial charge in [0.25, 0.3) is 0 Å². The van der Waals surface area contributed by atoms with E-state index in [9.17, 15) is 0 Å². The summed E-state index contributed by atoms with van der Waals surface area (Å²) in [6.45, 7) is 4.75. The van der Waals surface area contributed by atoms with E-state index in [1.807, 2.05) is 0 Å². The van der Waals surface area contributed by atoms with Crippen LogP contribution in [0, 0.1) is 5.92 Å². The summed E-state index contributed by atoms with van der Waals surface area (Å²) in [7, 11) is 0. The van der Waals surface area contributed by atoms with Gasteiger partial charge in [0.15, 0.2) is 0 Å². The minimum Gasteiger partial charge on any atom is -0.310 e. The van der Waals surface area contributed by atoms with Crippen LogP contribution in [0.25, 0.3) is 22.3 Å². The van der Waals surface area contributed by atoms with Crippen LogP contribution < -0.4 is 4.90 Å². The Hall–Kier alpha value is -5.66.